The summed E-state index contributed by atoms with van der Waals surface area (Å²) in [5, 5.41) is 0. The molecule has 0 amide bonds. The van der Waals surface area contributed by atoms with Crippen LogP contribution >= 0.6 is 15.9 Å². The predicted molar refractivity (Wildman–Crippen MR) is 60.8 cm³/mol. The molecule has 72 valence electrons. The van der Waals surface area contributed by atoms with Crippen molar-refractivity contribution in [1.29, 1.82) is 0 Å². The average molecular weight is 242 g/mol. The van der Waals surface area contributed by atoms with Gasteiger partial charge in [-0.25, -0.2) is 0 Å². The van der Waals surface area contributed by atoms with Crippen molar-refractivity contribution >= 4 is 15.9 Å². The van der Waals surface area contributed by atoms with E-state index >= 15 is 0 Å². The van der Waals surface area contributed by atoms with E-state index in [4.69, 9.17) is 5.73 Å². The minimum absolute atomic E-state index is 0.563. The lowest BCUT2D eigenvalue weighted by molar-refractivity contribution is 0.591. The fourth-order valence-corrected chi connectivity index (χ4v) is 1.73. The lowest BCUT2D eigenvalue weighted by Gasteiger charge is -2.11. The molecule has 1 aromatic carbocycles. The Morgan fingerprint density at radius 3 is 2.77 bits per heavy atom. The second-order valence-electron chi connectivity index (χ2n) is 3.62. The number of benzene rings is 1. The smallest absolute Gasteiger partial charge is 0.0178 e. The first-order valence-electron chi connectivity index (χ1n) is 4.58. The molecular weight excluding hydrogens is 226 g/mol. The molecule has 13 heavy (non-hydrogen) atoms. The molecule has 1 aromatic rings. The lowest BCUT2D eigenvalue weighted by atomic mass is 9.98. The van der Waals surface area contributed by atoms with Crippen LogP contribution in [0.25, 0.3) is 0 Å². The van der Waals surface area contributed by atoms with E-state index in [-0.39, 0.29) is 0 Å². The number of aryl methyl sites for hydroxylation is 1. The Morgan fingerprint density at radius 2 is 2.15 bits per heavy atom. The zero-order chi connectivity index (χ0) is 9.84. The van der Waals surface area contributed by atoms with Crippen molar-refractivity contribution in [2.75, 3.05) is 6.54 Å². The monoisotopic (exact) mass is 241 g/mol. The van der Waals surface area contributed by atoms with Gasteiger partial charge < -0.3 is 5.73 Å². The van der Waals surface area contributed by atoms with E-state index < -0.39 is 0 Å². The molecule has 0 aromatic heterocycles. The molecule has 0 aliphatic heterocycles. The van der Waals surface area contributed by atoms with Gasteiger partial charge in [-0.15, -0.1) is 0 Å². The van der Waals surface area contributed by atoms with E-state index in [9.17, 15) is 0 Å². The van der Waals surface area contributed by atoms with Crippen LogP contribution in [0.1, 0.15) is 18.1 Å². The van der Waals surface area contributed by atoms with Crippen molar-refractivity contribution in [1.82, 2.24) is 0 Å². The number of nitrogens with two attached hydrogens (primary N) is 1. The summed E-state index contributed by atoms with van der Waals surface area (Å²) in [6.07, 6.45) is 1.07. The lowest BCUT2D eigenvalue weighted by Crippen LogP contribution is -2.13. The Bertz CT molecular complexity index is 283. The number of hydrogen-bond donors (Lipinski definition) is 1. The van der Waals surface area contributed by atoms with Crippen molar-refractivity contribution in [3.8, 4) is 0 Å². The third kappa shape index (κ3) is 3.12. The minimum atomic E-state index is 0.563. The van der Waals surface area contributed by atoms with Crippen LogP contribution < -0.4 is 5.73 Å². The van der Waals surface area contributed by atoms with Gasteiger partial charge in [0, 0.05) is 4.47 Å². The summed E-state index contributed by atoms with van der Waals surface area (Å²) in [4.78, 5) is 0. The van der Waals surface area contributed by atoms with E-state index in [1.165, 1.54) is 11.1 Å². The Labute approximate surface area is 88.5 Å². The third-order valence-electron chi connectivity index (χ3n) is 2.28. The SMILES string of the molecule is Cc1ccc(Br)cc1CC(C)CN. The van der Waals surface area contributed by atoms with Gasteiger partial charge in [0.1, 0.15) is 0 Å². The largest absolute Gasteiger partial charge is 0.330 e. The van der Waals surface area contributed by atoms with E-state index in [1.54, 1.807) is 0 Å². The van der Waals surface area contributed by atoms with Crippen LogP contribution in [0.5, 0.6) is 0 Å². The standard InChI is InChI=1S/C11H16BrN/c1-8(7-13)5-10-6-11(12)4-3-9(10)2/h3-4,6,8H,5,7,13H2,1-2H3. The van der Waals surface area contributed by atoms with E-state index in [2.05, 4.69) is 48.0 Å². The molecule has 2 heteroatoms. The van der Waals surface area contributed by atoms with Crippen LogP contribution in [-0.2, 0) is 6.42 Å². The minimum Gasteiger partial charge on any atom is -0.330 e. The molecule has 0 aliphatic carbocycles. The van der Waals surface area contributed by atoms with Crippen LogP contribution in [0.2, 0.25) is 0 Å². The summed E-state index contributed by atoms with van der Waals surface area (Å²) in [5.41, 5.74) is 8.34. The van der Waals surface area contributed by atoms with Crippen LogP contribution in [0.4, 0.5) is 0 Å². The van der Waals surface area contributed by atoms with Crippen LogP contribution in [0.15, 0.2) is 22.7 Å². The molecule has 2 N–H and O–H groups in total. The second kappa shape index (κ2) is 4.77. The van der Waals surface area contributed by atoms with Gasteiger partial charge in [0.05, 0.1) is 0 Å². The summed E-state index contributed by atoms with van der Waals surface area (Å²) >= 11 is 3.48. The van der Waals surface area contributed by atoms with E-state index in [0.717, 1.165) is 17.4 Å². The van der Waals surface area contributed by atoms with Crippen molar-refractivity contribution in [3.63, 3.8) is 0 Å². The van der Waals surface area contributed by atoms with Crippen LogP contribution in [0.3, 0.4) is 0 Å². The highest BCUT2D eigenvalue weighted by Gasteiger charge is 2.04. The van der Waals surface area contributed by atoms with Gasteiger partial charge in [-0.3, -0.25) is 0 Å². The molecule has 0 aliphatic rings. The molecule has 1 unspecified atom stereocenters. The number of halogens is 1. The first-order valence-corrected chi connectivity index (χ1v) is 5.38. The van der Waals surface area contributed by atoms with Crippen molar-refractivity contribution in [3.05, 3.63) is 33.8 Å². The van der Waals surface area contributed by atoms with Gasteiger partial charge >= 0.3 is 0 Å². The first kappa shape index (κ1) is 10.7. The van der Waals surface area contributed by atoms with Gasteiger partial charge in [-0.05, 0) is 49.1 Å². The highest BCUT2D eigenvalue weighted by molar-refractivity contribution is 9.10. The average Bonchev–Trinajstić information content (AvgIpc) is 2.11. The number of rotatable bonds is 3. The molecule has 0 saturated heterocycles. The van der Waals surface area contributed by atoms with Gasteiger partial charge in [-0.2, -0.15) is 0 Å². The Hall–Kier alpha value is -0.340. The summed E-state index contributed by atoms with van der Waals surface area (Å²) in [6, 6.07) is 6.40. The zero-order valence-corrected chi connectivity index (χ0v) is 9.76. The zero-order valence-electron chi connectivity index (χ0n) is 8.18. The fourth-order valence-electron chi connectivity index (χ4n) is 1.32. The van der Waals surface area contributed by atoms with Crippen LogP contribution in [0, 0.1) is 12.8 Å². The summed E-state index contributed by atoms with van der Waals surface area (Å²) < 4.78 is 1.15. The summed E-state index contributed by atoms with van der Waals surface area (Å²) in [7, 11) is 0. The Kier molecular flexibility index (Phi) is 3.94. The molecule has 0 bridgehead atoms. The van der Waals surface area contributed by atoms with Gasteiger partial charge in [0.2, 0.25) is 0 Å². The van der Waals surface area contributed by atoms with E-state index in [1.807, 2.05) is 0 Å². The molecule has 1 atom stereocenters. The van der Waals surface area contributed by atoms with Gasteiger partial charge in [-0.1, -0.05) is 28.9 Å². The summed E-state index contributed by atoms with van der Waals surface area (Å²) in [6.45, 7) is 5.08. The van der Waals surface area contributed by atoms with Gasteiger partial charge in [0.15, 0.2) is 0 Å². The molecule has 1 rings (SSSR count). The van der Waals surface area contributed by atoms with Gasteiger partial charge in [0.25, 0.3) is 0 Å². The van der Waals surface area contributed by atoms with E-state index in [0.29, 0.717) is 5.92 Å². The quantitative estimate of drug-likeness (QED) is 0.866. The molecule has 0 spiro atoms. The molecule has 0 saturated carbocycles. The van der Waals surface area contributed by atoms with Crippen molar-refractivity contribution in [2.45, 2.75) is 20.3 Å². The maximum atomic E-state index is 5.60. The highest BCUT2D eigenvalue weighted by atomic mass is 79.9. The highest BCUT2D eigenvalue weighted by Crippen LogP contribution is 2.18. The third-order valence-corrected chi connectivity index (χ3v) is 2.78. The Morgan fingerprint density at radius 1 is 1.46 bits per heavy atom. The van der Waals surface area contributed by atoms with Crippen LogP contribution in [-0.4, -0.2) is 6.54 Å². The predicted octanol–water partition coefficient (Wildman–Crippen LogP) is 2.89. The molecule has 0 fully saturated rings. The summed E-state index contributed by atoms with van der Waals surface area (Å²) in [5.74, 6) is 0.563. The second-order valence-corrected chi connectivity index (χ2v) is 4.53. The molecule has 1 nitrogen and oxygen atoms in total. The Balaban J connectivity index is 2.81. The normalized spacial score (nSPS) is 12.9. The van der Waals surface area contributed by atoms with Crippen molar-refractivity contribution in [2.24, 2.45) is 11.7 Å². The maximum Gasteiger partial charge on any atom is 0.0178 e. The topological polar surface area (TPSA) is 26.0 Å². The molecule has 0 heterocycles. The number of hydrogen-bond acceptors (Lipinski definition) is 1. The van der Waals surface area contributed by atoms with Crippen molar-refractivity contribution < 1.29 is 0 Å². The first-order chi connectivity index (χ1) is 6.13. The molecular formula is C11H16BrN. The molecule has 0 radical (unpaired) electrons. The maximum absolute atomic E-state index is 5.60. The fraction of sp³-hybridized carbons (Fsp3) is 0.455.